The molecule has 3 rings (SSSR count). The summed E-state index contributed by atoms with van der Waals surface area (Å²) in [6.07, 6.45) is 0. The SMILES string of the molecule is COC(=O)c1cc(F)cc(-c2c(F)ccc3nc(N)[nH]c(=O)c23)c1N. The number of H-pyrrole nitrogens is 1. The molecule has 0 fully saturated rings. The Bertz CT molecular complexity index is 1080. The van der Waals surface area contributed by atoms with Crippen molar-refractivity contribution < 1.29 is 18.3 Å². The molecule has 0 atom stereocenters. The van der Waals surface area contributed by atoms with Gasteiger partial charge in [-0.15, -0.1) is 0 Å². The highest BCUT2D eigenvalue weighted by Gasteiger charge is 2.22. The lowest BCUT2D eigenvalue weighted by Gasteiger charge is -2.13. The number of nitrogens with two attached hydrogens (primary N) is 2. The Morgan fingerprint density at radius 1 is 1.24 bits per heavy atom. The molecule has 9 heteroatoms. The molecule has 0 saturated carbocycles. The van der Waals surface area contributed by atoms with E-state index in [1.54, 1.807) is 0 Å². The van der Waals surface area contributed by atoms with Crippen molar-refractivity contribution in [1.82, 2.24) is 9.97 Å². The van der Waals surface area contributed by atoms with E-state index in [1.165, 1.54) is 6.07 Å². The van der Waals surface area contributed by atoms with E-state index in [4.69, 9.17) is 11.5 Å². The van der Waals surface area contributed by atoms with Crippen LogP contribution < -0.4 is 17.0 Å². The van der Waals surface area contributed by atoms with Crippen LogP contribution in [0.25, 0.3) is 22.0 Å². The molecular weight excluding hydrogens is 334 g/mol. The lowest BCUT2D eigenvalue weighted by molar-refractivity contribution is 0.0601. The van der Waals surface area contributed by atoms with Crippen molar-refractivity contribution in [2.45, 2.75) is 0 Å². The Labute approximate surface area is 139 Å². The van der Waals surface area contributed by atoms with Crippen LogP contribution in [0, 0.1) is 11.6 Å². The van der Waals surface area contributed by atoms with Gasteiger partial charge in [0, 0.05) is 11.1 Å². The first kappa shape index (κ1) is 16.4. The van der Waals surface area contributed by atoms with Gasteiger partial charge in [0.1, 0.15) is 11.6 Å². The van der Waals surface area contributed by atoms with Gasteiger partial charge < -0.3 is 16.2 Å². The van der Waals surface area contributed by atoms with E-state index >= 15 is 0 Å². The normalized spacial score (nSPS) is 10.8. The van der Waals surface area contributed by atoms with Crippen LogP contribution in [0.5, 0.6) is 0 Å². The second-order valence-electron chi connectivity index (χ2n) is 5.17. The fraction of sp³-hybridized carbons (Fsp3) is 0.0625. The summed E-state index contributed by atoms with van der Waals surface area (Å²) in [5.74, 6) is -2.73. The number of rotatable bonds is 2. The largest absolute Gasteiger partial charge is 0.465 e. The summed E-state index contributed by atoms with van der Waals surface area (Å²) < 4.78 is 33.0. The maximum Gasteiger partial charge on any atom is 0.340 e. The Morgan fingerprint density at radius 2 is 1.96 bits per heavy atom. The number of hydrogen-bond donors (Lipinski definition) is 3. The zero-order valence-electron chi connectivity index (χ0n) is 12.9. The van der Waals surface area contributed by atoms with Crippen LogP contribution in [0.15, 0.2) is 29.1 Å². The second-order valence-corrected chi connectivity index (χ2v) is 5.17. The number of benzene rings is 2. The molecule has 1 aromatic heterocycles. The van der Waals surface area contributed by atoms with Crippen molar-refractivity contribution in [2.24, 2.45) is 0 Å². The molecule has 0 aliphatic rings. The highest BCUT2D eigenvalue weighted by atomic mass is 19.1. The van der Waals surface area contributed by atoms with E-state index < -0.39 is 23.2 Å². The molecule has 0 aliphatic carbocycles. The number of nitrogens with one attached hydrogen (secondary N) is 1. The number of carbonyl (C=O) groups excluding carboxylic acids is 1. The number of halogens is 2. The highest BCUT2D eigenvalue weighted by molar-refractivity contribution is 6.04. The molecule has 0 amide bonds. The number of carbonyl (C=O) groups is 1. The minimum Gasteiger partial charge on any atom is -0.465 e. The molecule has 128 valence electrons. The van der Waals surface area contributed by atoms with E-state index in [-0.39, 0.29) is 39.2 Å². The zero-order chi connectivity index (χ0) is 18.3. The highest BCUT2D eigenvalue weighted by Crippen LogP contribution is 2.35. The molecular formula is C16H12F2N4O3. The standard InChI is InChI=1S/C16H12F2N4O3/c1-25-15(24)8-5-6(17)4-7(13(8)19)11-9(18)2-3-10-12(11)14(23)22-16(20)21-10/h2-5H,19H2,1H3,(H3,20,21,22,23). The molecule has 5 N–H and O–H groups in total. The number of anilines is 2. The zero-order valence-corrected chi connectivity index (χ0v) is 12.9. The Morgan fingerprint density at radius 3 is 2.64 bits per heavy atom. The summed E-state index contributed by atoms with van der Waals surface area (Å²) in [6, 6.07) is 4.10. The Balaban J connectivity index is 2.46. The predicted octanol–water partition coefficient (Wildman–Crippen LogP) is 1.82. The van der Waals surface area contributed by atoms with Crippen LogP contribution in [0.3, 0.4) is 0 Å². The minimum atomic E-state index is -0.893. The summed E-state index contributed by atoms with van der Waals surface area (Å²) >= 11 is 0. The van der Waals surface area contributed by atoms with E-state index in [2.05, 4.69) is 14.7 Å². The van der Waals surface area contributed by atoms with E-state index in [0.717, 1.165) is 25.3 Å². The van der Waals surface area contributed by atoms with Gasteiger partial charge in [0.2, 0.25) is 5.95 Å². The third-order valence-corrected chi connectivity index (χ3v) is 3.66. The first-order valence-electron chi connectivity index (χ1n) is 6.99. The summed E-state index contributed by atoms with van der Waals surface area (Å²) in [5, 5.41) is -0.165. The lowest BCUT2D eigenvalue weighted by Crippen LogP contribution is -2.14. The Hall–Kier alpha value is -3.49. The molecule has 1 heterocycles. The average Bonchev–Trinajstić information content (AvgIpc) is 2.56. The first-order valence-corrected chi connectivity index (χ1v) is 6.99. The van der Waals surface area contributed by atoms with Gasteiger partial charge in [-0.3, -0.25) is 9.78 Å². The van der Waals surface area contributed by atoms with E-state index in [9.17, 15) is 18.4 Å². The van der Waals surface area contributed by atoms with E-state index in [1.807, 2.05) is 0 Å². The fourth-order valence-corrected chi connectivity index (χ4v) is 2.59. The number of hydrogen-bond acceptors (Lipinski definition) is 6. The van der Waals surface area contributed by atoms with Crippen molar-refractivity contribution in [3.05, 3.63) is 51.8 Å². The predicted molar refractivity (Wildman–Crippen MR) is 87.9 cm³/mol. The number of ether oxygens (including phenoxy) is 1. The van der Waals surface area contributed by atoms with Crippen LogP contribution in [0.4, 0.5) is 20.4 Å². The van der Waals surface area contributed by atoms with Gasteiger partial charge in [0.05, 0.1) is 29.3 Å². The molecule has 0 spiro atoms. The van der Waals surface area contributed by atoms with Crippen LogP contribution >= 0.6 is 0 Å². The van der Waals surface area contributed by atoms with E-state index in [0.29, 0.717) is 0 Å². The van der Waals surface area contributed by atoms with Crippen molar-refractivity contribution in [3.63, 3.8) is 0 Å². The van der Waals surface area contributed by atoms with Gasteiger partial charge in [0.15, 0.2) is 0 Å². The van der Waals surface area contributed by atoms with Crippen molar-refractivity contribution in [3.8, 4) is 11.1 Å². The third kappa shape index (κ3) is 2.65. The van der Waals surface area contributed by atoms with Crippen LogP contribution in [-0.2, 0) is 4.74 Å². The lowest BCUT2D eigenvalue weighted by atomic mass is 9.96. The second kappa shape index (κ2) is 5.86. The molecule has 0 saturated heterocycles. The van der Waals surface area contributed by atoms with Gasteiger partial charge in [0.25, 0.3) is 5.56 Å². The molecule has 0 radical (unpaired) electrons. The summed E-state index contributed by atoms with van der Waals surface area (Å²) in [4.78, 5) is 30.2. The summed E-state index contributed by atoms with van der Waals surface area (Å²) in [5.41, 5.74) is 9.81. The van der Waals surface area contributed by atoms with Gasteiger partial charge in [-0.1, -0.05) is 0 Å². The topological polar surface area (TPSA) is 124 Å². The van der Waals surface area contributed by atoms with Crippen LogP contribution in [0.1, 0.15) is 10.4 Å². The molecule has 2 aromatic carbocycles. The molecule has 25 heavy (non-hydrogen) atoms. The van der Waals surface area contributed by atoms with Gasteiger partial charge in [-0.2, -0.15) is 0 Å². The molecule has 0 unspecified atom stereocenters. The number of esters is 1. The molecule has 3 aromatic rings. The number of nitrogen functional groups attached to an aromatic ring is 2. The minimum absolute atomic E-state index is 0.0981. The maximum atomic E-state index is 14.5. The fourth-order valence-electron chi connectivity index (χ4n) is 2.59. The molecule has 0 aliphatic heterocycles. The monoisotopic (exact) mass is 346 g/mol. The first-order chi connectivity index (χ1) is 11.8. The number of fused-ring (bicyclic) bond motifs is 1. The quantitative estimate of drug-likeness (QED) is 0.480. The molecule has 0 bridgehead atoms. The number of aromatic nitrogens is 2. The van der Waals surface area contributed by atoms with Crippen molar-refractivity contribution >= 4 is 28.5 Å². The number of nitrogens with zero attached hydrogens (tertiary/aromatic N) is 1. The third-order valence-electron chi connectivity index (χ3n) is 3.66. The van der Waals surface area contributed by atoms with Crippen molar-refractivity contribution in [2.75, 3.05) is 18.6 Å². The Kier molecular flexibility index (Phi) is 3.84. The number of aromatic amines is 1. The molecule has 7 nitrogen and oxygen atoms in total. The average molecular weight is 346 g/mol. The summed E-state index contributed by atoms with van der Waals surface area (Å²) in [7, 11) is 1.10. The number of methoxy groups -OCH3 is 1. The van der Waals surface area contributed by atoms with Gasteiger partial charge in [-0.05, 0) is 24.3 Å². The van der Waals surface area contributed by atoms with Gasteiger partial charge in [-0.25, -0.2) is 18.6 Å². The van der Waals surface area contributed by atoms with Gasteiger partial charge >= 0.3 is 5.97 Å². The smallest absolute Gasteiger partial charge is 0.340 e. The van der Waals surface area contributed by atoms with Crippen molar-refractivity contribution in [1.29, 1.82) is 0 Å². The maximum absolute atomic E-state index is 14.5. The summed E-state index contributed by atoms with van der Waals surface area (Å²) in [6.45, 7) is 0. The van der Waals surface area contributed by atoms with Crippen LogP contribution in [-0.4, -0.2) is 23.0 Å². The van der Waals surface area contributed by atoms with Crippen LogP contribution in [0.2, 0.25) is 0 Å².